The summed E-state index contributed by atoms with van der Waals surface area (Å²) in [5, 5.41) is 9.23. The van der Waals surface area contributed by atoms with E-state index in [-0.39, 0.29) is 23.4 Å². The molecular formula is C33H44N6O20P2S. The molecular weight excluding hydrogens is 894 g/mol. The molecule has 2 aromatic heterocycles. The number of phosphoric ester groups is 1. The number of nitrogen functional groups attached to an aromatic ring is 1. The van der Waals surface area contributed by atoms with Crippen LogP contribution in [0.3, 0.4) is 0 Å². The molecule has 0 amide bonds. The van der Waals surface area contributed by atoms with Crippen LogP contribution in [0, 0.1) is 11.3 Å². The average Bonchev–Trinajstić information content (AvgIpc) is 3.67. The summed E-state index contributed by atoms with van der Waals surface area (Å²) in [5.74, 6) is -5.55. The van der Waals surface area contributed by atoms with E-state index >= 15 is 0 Å². The molecule has 2 saturated heterocycles. The standard InChI is InChI=1S/C33H44N6O20P2S/c1-16(40)48-12-22-24(51-17(2)41)25(52-18(3)42)26(53-19(4)43)31(56-22)57-60(46,47)59-61(62,49-11-9-10-34)50-13-32(7)27(54-20(5)44)28(55-21(6)45)33(8,58-32)39-15-38-23-29(35)36-14-37-30(23)39/h14-15,22,24-28,31H,9,11-13H2,1-8H3,(H,46,47)(H2,35,36,37)/t22?,24?,25?,26?,27-,28+,31?,32-,33-,61?/m1/s1. The van der Waals surface area contributed by atoms with Crippen molar-refractivity contribution in [2.75, 3.05) is 25.6 Å². The third kappa shape index (κ3) is 12.2. The highest BCUT2D eigenvalue weighted by Crippen LogP contribution is 2.65. The van der Waals surface area contributed by atoms with Crippen molar-refractivity contribution in [3.05, 3.63) is 12.7 Å². The Bertz CT molecular complexity index is 2190. The van der Waals surface area contributed by atoms with Crippen LogP contribution in [0.15, 0.2) is 12.7 Å². The monoisotopic (exact) mass is 938 g/mol. The summed E-state index contributed by atoms with van der Waals surface area (Å²) >= 11 is 5.51. The predicted octanol–water partition coefficient (Wildman–Crippen LogP) is 1.12. The number of nitriles is 1. The van der Waals surface area contributed by atoms with Gasteiger partial charge in [0.1, 0.15) is 30.2 Å². The molecule has 4 heterocycles. The zero-order valence-corrected chi connectivity index (χ0v) is 36.9. The Morgan fingerprint density at radius 1 is 0.871 bits per heavy atom. The number of fused-ring (bicyclic) bond motifs is 1. The Balaban J connectivity index is 1.73. The topological polar surface area (TPSA) is 344 Å². The van der Waals surface area contributed by atoms with Crippen LogP contribution in [0.2, 0.25) is 0 Å². The van der Waals surface area contributed by atoms with Crippen LogP contribution in [-0.2, 0) is 107 Å². The fraction of sp³-hybridized carbons (Fsp3) is 0.636. The summed E-state index contributed by atoms with van der Waals surface area (Å²) in [6.07, 6.45) is -10.2. The molecule has 2 aliphatic heterocycles. The van der Waals surface area contributed by atoms with E-state index in [1.807, 2.05) is 0 Å². The maximum atomic E-state index is 13.9. The summed E-state index contributed by atoms with van der Waals surface area (Å²) in [4.78, 5) is 97.1. The largest absolute Gasteiger partial charge is 0.481 e. The van der Waals surface area contributed by atoms with E-state index in [9.17, 15) is 43.5 Å². The van der Waals surface area contributed by atoms with E-state index in [0.29, 0.717) is 0 Å². The van der Waals surface area contributed by atoms with Crippen molar-refractivity contribution < 1.29 is 94.0 Å². The minimum atomic E-state index is -5.73. The van der Waals surface area contributed by atoms with E-state index in [0.717, 1.165) is 47.9 Å². The number of imidazole rings is 1. The van der Waals surface area contributed by atoms with Gasteiger partial charge >= 0.3 is 50.4 Å². The third-order valence-electron chi connectivity index (χ3n) is 8.63. The molecule has 0 aliphatic carbocycles. The van der Waals surface area contributed by atoms with E-state index in [2.05, 4.69) is 15.0 Å². The summed E-state index contributed by atoms with van der Waals surface area (Å²) in [7, 11) is -5.73. The normalized spacial score (nSPS) is 28.9. The van der Waals surface area contributed by atoms with Crippen molar-refractivity contribution in [2.24, 2.45) is 0 Å². The lowest BCUT2D eigenvalue weighted by atomic mass is 9.95. The highest BCUT2D eigenvalue weighted by atomic mass is 32.5. The van der Waals surface area contributed by atoms with Gasteiger partial charge in [-0.25, -0.2) is 23.8 Å². The summed E-state index contributed by atoms with van der Waals surface area (Å²) < 4.78 is 81.9. The molecule has 2 aromatic rings. The number of carbonyl (C=O) groups is 6. The number of anilines is 1. The van der Waals surface area contributed by atoms with Gasteiger partial charge in [0, 0.05) is 41.5 Å². The molecule has 0 radical (unpaired) electrons. The molecule has 0 saturated carbocycles. The van der Waals surface area contributed by atoms with Gasteiger partial charge in [0.15, 0.2) is 47.7 Å². The van der Waals surface area contributed by atoms with Crippen LogP contribution in [0.25, 0.3) is 11.2 Å². The van der Waals surface area contributed by atoms with Gasteiger partial charge in [0.2, 0.25) is 6.29 Å². The molecule has 7 unspecified atom stereocenters. The summed E-state index contributed by atoms with van der Waals surface area (Å²) in [6.45, 7) is 2.08. The number of rotatable bonds is 18. The lowest BCUT2D eigenvalue weighted by Gasteiger charge is -2.44. The van der Waals surface area contributed by atoms with Crippen molar-refractivity contribution in [2.45, 2.75) is 116 Å². The molecule has 2 aliphatic rings. The molecule has 3 N–H and O–H groups in total. The van der Waals surface area contributed by atoms with E-state index in [4.69, 9.17) is 73.3 Å². The Labute approximate surface area is 357 Å². The Morgan fingerprint density at radius 2 is 1.45 bits per heavy atom. The van der Waals surface area contributed by atoms with E-state index < -0.39 is 124 Å². The SMILES string of the molecule is CC(=O)OCC1OC(OP(=O)(O)OP(=S)(OCCC#N)OC[C@@]2(C)O[C@@](C)(n3cnc4c(N)ncnc43)[C@@H](OC(C)=O)[C@H]2OC(C)=O)C(OC(C)=O)C(OC(C)=O)C1OC(C)=O. The van der Waals surface area contributed by atoms with Crippen LogP contribution in [0.5, 0.6) is 0 Å². The lowest BCUT2D eigenvalue weighted by Crippen LogP contribution is -2.62. The van der Waals surface area contributed by atoms with E-state index in [1.165, 1.54) is 24.7 Å². The van der Waals surface area contributed by atoms with Crippen LogP contribution in [0.4, 0.5) is 5.82 Å². The maximum Gasteiger partial charge on any atom is 0.481 e. The summed E-state index contributed by atoms with van der Waals surface area (Å²) in [6, 6.07) is 1.79. The van der Waals surface area contributed by atoms with E-state index in [1.54, 1.807) is 6.07 Å². The number of nitrogens with two attached hydrogens (primary N) is 1. The van der Waals surface area contributed by atoms with Crippen molar-refractivity contribution >= 4 is 79.1 Å². The van der Waals surface area contributed by atoms with Gasteiger partial charge in [-0.2, -0.15) is 5.26 Å². The van der Waals surface area contributed by atoms with Gasteiger partial charge in [-0.1, -0.05) is 0 Å². The first-order chi connectivity index (χ1) is 28.8. The molecule has 29 heteroatoms. The third-order valence-corrected chi connectivity index (χ3v) is 12.9. The molecule has 26 nitrogen and oxygen atoms in total. The molecule has 11 atom stereocenters. The van der Waals surface area contributed by atoms with Gasteiger partial charge in [0.25, 0.3) is 0 Å². The lowest BCUT2D eigenvalue weighted by molar-refractivity contribution is -0.291. The average molecular weight is 939 g/mol. The van der Waals surface area contributed by atoms with Crippen molar-refractivity contribution in [1.29, 1.82) is 5.26 Å². The number of ether oxygens (including phenoxy) is 8. The molecule has 4 rings (SSSR count). The van der Waals surface area contributed by atoms with Crippen molar-refractivity contribution in [1.82, 2.24) is 19.5 Å². The number of hydrogen-bond donors (Lipinski definition) is 2. The van der Waals surface area contributed by atoms with Gasteiger partial charge in [-0.15, -0.1) is 0 Å². The second kappa shape index (κ2) is 20.2. The quantitative estimate of drug-likeness (QED) is 0.0915. The van der Waals surface area contributed by atoms with Crippen molar-refractivity contribution in [3.8, 4) is 6.07 Å². The zero-order chi connectivity index (χ0) is 46.4. The minimum Gasteiger partial charge on any atom is -0.463 e. The number of carbonyl (C=O) groups excluding carboxylic acids is 6. The second-order valence-electron chi connectivity index (χ2n) is 13.8. The first-order valence-corrected chi connectivity index (χ1v) is 22.2. The van der Waals surface area contributed by atoms with Crippen LogP contribution >= 0.6 is 14.5 Å². The first-order valence-electron chi connectivity index (χ1n) is 18.1. The smallest absolute Gasteiger partial charge is 0.463 e. The number of nitrogens with zero attached hydrogens (tertiary/aromatic N) is 5. The Kier molecular flexibility index (Phi) is 16.2. The van der Waals surface area contributed by atoms with Gasteiger partial charge in [-0.3, -0.25) is 37.9 Å². The summed E-state index contributed by atoms with van der Waals surface area (Å²) in [5.41, 5.74) is 2.51. The fourth-order valence-corrected chi connectivity index (χ4v) is 10.3. The number of phosphoric acid groups is 1. The molecule has 342 valence electrons. The van der Waals surface area contributed by atoms with Gasteiger partial charge in [-0.05, 0) is 25.7 Å². The zero-order valence-electron chi connectivity index (χ0n) is 34.3. The van der Waals surface area contributed by atoms with Crippen LogP contribution in [-0.4, -0.2) is 129 Å². The number of hydrogen-bond acceptors (Lipinski definition) is 25. The second-order valence-corrected chi connectivity index (χ2v) is 18.3. The Morgan fingerprint density at radius 3 is 2.03 bits per heavy atom. The maximum absolute atomic E-state index is 13.9. The first kappa shape index (κ1) is 49.9. The fourth-order valence-electron chi connectivity index (χ4n) is 6.43. The van der Waals surface area contributed by atoms with Crippen LogP contribution in [0.1, 0.15) is 61.8 Å². The number of esters is 6. The molecule has 62 heavy (non-hydrogen) atoms. The van der Waals surface area contributed by atoms with Gasteiger partial charge in [0.05, 0.1) is 32.0 Å². The number of aromatic nitrogens is 4. The van der Waals surface area contributed by atoms with Gasteiger partial charge < -0.3 is 57.6 Å². The molecule has 2 fully saturated rings. The molecule has 0 spiro atoms. The molecule has 0 bridgehead atoms. The predicted molar refractivity (Wildman–Crippen MR) is 204 cm³/mol. The molecule has 0 aromatic carbocycles. The minimum absolute atomic E-state index is 0.00569. The van der Waals surface area contributed by atoms with Crippen LogP contribution < -0.4 is 5.73 Å². The Hall–Kier alpha value is -4.74. The highest BCUT2D eigenvalue weighted by molar-refractivity contribution is 8.08. The highest BCUT2D eigenvalue weighted by Gasteiger charge is 2.65. The van der Waals surface area contributed by atoms with Crippen molar-refractivity contribution in [3.63, 3.8) is 0 Å².